The summed E-state index contributed by atoms with van der Waals surface area (Å²) >= 11 is 0. The van der Waals surface area contributed by atoms with Crippen LogP contribution in [0.15, 0.2) is 30.5 Å². The first kappa shape index (κ1) is 12.4. The highest BCUT2D eigenvalue weighted by Gasteiger charge is 2.11. The molecule has 2 rings (SSSR count). The second-order valence-corrected chi connectivity index (χ2v) is 4.16. The zero-order chi connectivity index (χ0) is 13.1. The van der Waals surface area contributed by atoms with Gasteiger partial charge in [-0.1, -0.05) is 6.07 Å². The number of carbonyl (C=O) groups is 1. The Bertz CT molecular complexity index is 596. The van der Waals surface area contributed by atoms with Crippen LogP contribution in [-0.2, 0) is 6.42 Å². The van der Waals surface area contributed by atoms with Crippen LogP contribution in [0.1, 0.15) is 27.4 Å². The Kier molecular flexibility index (Phi) is 3.46. The van der Waals surface area contributed by atoms with Crippen LogP contribution in [0.3, 0.4) is 0 Å². The molecule has 0 bridgehead atoms. The Morgan fingerprint density at radius 1 is 1.28 bits per heavy atom. The first-order valence-electron chi connectivity index (χ1n) is 5.64. The van der Waals surface area contributed by atoms with Gasteiger partial charge in [-0.2, -0.15) is 0 Å². The fraction of sp³-hybridized carbons (Fsp3) is 0.214. The van der Waals surface area contributed by atoms with Gasteiger partial charge >= 0.3 is 0 Å². The molecule has 0 saturated carbocycles. The predicted molar refractivity (Wildman–Crippen MR) is 65.9 cm³/mol. The summed E-state index contributed by atoms with van der Waals surface area (Å²) in [5.74, 6) is 0.0910. The number of nitrogens with zero attached hydrogens (tertiary/aromatic N) is 2. The number of benzene rings is 1. The highest BCUT2D eigenvalue weighted by Crippen LogP contribution is 2.13. The van der Waals surface area contributed by atoms with Gasteiger partial charge in [0.25, 0.3) is 0 Å². The van der Waals surface area contributed by atoms with Crippen molar-refractivity contribution in [3.05, 3.63) is 58.9 Å². The summed E-state index contributed by atoms with van der Waals surface area (Å²) in [6, 6.07) is 6.02. The van der Waals surface area contributed by atoms with E-state index in [4.69, 9.17) is 0 Å². The number of aromatic nitrogens is 2. The van der Waals surface area contributed by atoms with E-state index in [0.717, 1.165) is 5.56 Å². The summed E-state index contributed by atoms with van der Waals surface area (Å²) in [5, 5.41) is 0. The molecule has 0 fully saturated rings. The van der Waals surface area contributed by atoms with Gasteiger partial charge in [-0.15, -0.1) is 0 Å². The third-order valence-electron chi connectivity index (χ3n) is 2.72. The van der Waals surface area contributed by atoms with E-state index in [0.29, 0.717) is 17.1 Å². The van der Waals surface area contributed by atoms with Crippen LogP contribution in [0.2, 0.25) is 0 Å². The normalized spacial score (nSPS) is 10.4. The van der Waals surface area contributed by atoms with Crippen LogP contribution in [0.25, 0.3) is 0 Å². The third kappa shape index (κ3) is 2.77. The fourth-order valence-corrected chi connectivity index (χ4v) is 1.71. The number of hydrogen-bond acceptors (Lipinski definition) is 3. The van der Waals surface area contributed by atoms with E-state index in [-0.39, 0.29) is 18.0 Å². The number of ketones is 1. The van der Waals surface area contributed by atoms with Crippen LogP contribution in [0, 0.1) is 19.7 Å². The van der Waals surface area contributed by atoms with E-state index in [9.17, 15) is 9.18 Å². The summed E-state index contributed by atoms with van der Waals surface area (Å²) in [6.45, 7) is 3.58. The molecule has 3 nitrogen and oxygen atoms in total. The summed E-state index contributed by atoms with van der Waals surface area (Å²) in [5.41, 5.74) is 1.96. The van der Waals surface area contributed by atoms with E-state index >= 15 is 0 Å². The molecule has 0 spiro atoms. The Morgan fingerprint density at radius 2 is 2.06 bits per heavy atom. The number of carbonyl (C=O) groups excluding carboxylic acids is 1. The van der Waals surface area contributed by atoms with Crippen molar-refractivity contribution in [3.8, 4) is 0 Å². The smallest absolute Gasteiger partial charge is 0.185 e. The Labute approximate surface area is 105 Å². The van der Waals surface area contributed by atoms with Gasteiger partial charge in [0.15, 0.2) is 5.78 Å². The molecule has 0 unspecified atom stereocenters. The summed E-state index contributed by atoms with van der Waals surface area (Å²) in [6.07, 6.45) is 1.70. The fourth-order valence-electron chi connectivity index (χ4n) is 1.71. The third-order valence-corrected chi connectivity index (χ3v) is 2.72. The topological polar surface area (TPSA) is 42.9 Å². The van der Waals surface area contributed by atoms with E-state index < -0.39 is 0 Å². The maximum atomic E-state index is 13.1. The summed E-state index contributed by atoms with van der Waals surface area (Å²) < 4.78 is 13.1. The second-order valence-electron chi connectivity index (χ2n) is 4.16. The Morgan fingerprint density at radius 3 is 2.78 bits per heavy atom. The zero-order valence-corrected chi connectivity index (χ0v) is 10.3. The second kappa shape index (κ2) is 5.04. The largest absolute Gasteiger partial charge is 0.292 e. The minimum atomic E-state index is -0.331. The maximum Gasteiger partial charge on any atom is 0.185 e. The van der Waals surface area contributed by atoms with E-state index in [1.54, 1.807) is 25.3 Å². The molecule has 18 heavy (non-hydrogen) atoms. The molecule has 0 aliphatic carbocycles. The molecule has 0 saturated heterocycles. The van der Waals surface area contributed by atoms with E-state index in [2.05, 4.69) is 9.97 Å². The molecule has 92 valence electrons. The summed E-state index contributed by atoms with van der Waals surface area (Å²) in [4.78, 5) is 20.0. The molecule has 0 N–H and O–H groups in total. The van der Waals surface area contributed by atoms with E-state index in [1.165, 1.54) is 12.1 Å². The quantitative estimate of drug-likeness (QED) is 0.779. The minimum Gasteiger partial charge on any atom is -0.292 e. The number of hydrogen-bond donors (Lipinski definition) is 0. The van der Waals surface area contributed by atoms with Gasteiger partial charge in [0, 0.05) is 12.6 Å². The molecule has 0 atom stereocenters. The number of rotatable bonds is 3. The van der Waals surface area contributed by atoms with Gasteiger partial charge < -0.3 is 0 Å². The molecule has 4 heteroatoms. The van der Waals surface area contributed by atoms with Crippen molar-refractivity contribution in [1.82, 2.24) is 9.97 Å². The maximum absolute atomic E-state index is 13.1. The van der Waals surface area contributed by atoms with E-state index in [1.807, 2.05) is 6.92 Å². The highest BCUT2D eigenvalue weighted by atomic mass is 19.1. The standard InChI is InChI=1S/C14H13FN2O/c1-9-3-4-12(15)7-11(9)8-14(18)13-5-6-16-10(2)17-13/h3-7H,8H2,1-2H3. The number of aryl methyl sites for hydroxylation is 2. The first-order chi connectivity index (χ1) is 8.56. The van der Waals surface area contributed by atoms with Crippen molar-refractivity contribution < 1.29 is 9.18 Å². The van der Waals surface area contributed by atoms with Gasteiger partial charge in [-0.25, -0.2) is 14.4 Å². The monoisotopic (exact) mass is 244 g/mol. The lowest BCUT2D eigenvalue weighted by Gasteiger charge is -2.05. The van der Waals surface area contributed by atoms with Gasteiger partial charge in [-0.05, 0) is 43.2 Å². The minimum absolute atomic E-state index is 0.130. The Hall–Kier alpha value is -2.10. The van der Waals surface area contributed by atoms with Gasteiger partial charge in [0.1, 0.15) is 17.3 Å². The predicted octanol–water partition coefficient (Wildman–Crippen LogP) is 2.66. The van der Waals surface area contributed by atoms with Crippen molar-refractivity contribution in [2.24, 2.45) is 0 Å². The van der Waals surface area contributed by atoms with Crippen molar-refractivity contribution >= 4 is 5.78 Å². The molecular formula is C14H13FN2O. The van der Waals surface area contributed by atoms with Crippen LogP contribution in [0.5, 0.6) is 0 Å². The average molecular weight is 244 g/mol. The molecule has 1 aromatic heterocycles. The van der Waals surface area contributed by atoms with Crippen molar-refractivity contribution in [2.75, 3.05) is 0 Å². The summed E-state index contributed by atoms with van der Waals surface area (Å²) in [7, 11) is 0. The molecule has 1 aromatic carbocycles. The molecular weight excluding hydrogens is 231 g/mol. The lowest BCUT2D eigenvalue weighted by atomic mass is 10.0. The average Bonchev–Trinajstić information content (AvgIpc) is 2.34. The Balaban J connectivity index is 2.24. The van der Waals surface area contributed by atoms with Gasteiger partial charge in [-0.3, -0.25) is 4.79 Å². The molecule has 0 aliphatic heterocycles. The molecule has 2 aromatic rings. The molecule has 0 amide bonds. The molecule has 0 aliphatic rings. The molecule has 1 heterocycles. The van der Waals surface area contributed by atoms with Crippen LogP contribution >= 0.6 is 0 Å². The van der Waals surface area contributed by atoms with Crippen LogP contribution < -0.4 is 0 Å². The SMILES string of the molecule is Cc1nccc(C(=O)Cc2cc(F)ccc2C)n1. The van der Waals surface area contributed by atoms with Crippen LogP contribution in [-0.4, -0.2) is 15.8 Å². The lowest BCUT2D eigenvalue weighted by molar-refractivity contribution is 0.0987. The van der Waals surface area contributed by atoms with Crippen LogP contribution in [0.4, 0.5) is 4.39 Å². The lowest BCUT2D eigenvalue weighted by Crippen LogP contribution is -2.08. The van der Waals surface area contributed by atoms with Crippen molar-refractivity contribution in [3.63, 3.8) is 0 Å². The number of halogens is 1. The first-order valence-corrected chi connectivity index (χ1v) is 5.64. The van der Waals surface area contributed by atoms with Crippen molar-refractivity contribution in [2.45, 2.75) is 20.3 Å². The highest BCUT2D eigenvalue weighted by molar-refractivity contribution is 5.95. The van der Waals surface area contributed by atoms with Gasteiger partial charge in [0.05, 0.1) is 0 Å². The van der Waals surface area contributed by atoms with Crippen molar-refractivity contribution in [1.29, 1.82) is 0 Å². The molecule has 0 radical (unpaired) electrons. The number of Topliss-reactive ketones (excluding diaryl/α,β-unsaturated/α-hetero) is 1. The van der Waals surface area contributed by atoms with Gasteiger partial charge in [0.2, 0.25) is 0 Å². The zero-order valence-electron chi connectivity index (χ0n) is 10.3.